The van der Waals surface area contributed by atoms with Crippen molar-refractivity contribution in [3.63, 3.8) is 0 Å². The van der Waals surface area contributed by atoms with E-state index in [0.29, 0.717) is 0 Å². The number of hydrogen-bond donors (Lipinski definition) is 0. The van der Waals surface area contributed by atoms with E-state index in [0.717, 1.165) is 12.2 Å². The van der Waals surface area contributed by atoms with Crippen LogP contribution in [0.1, 0.15) is 92.0 Å². The predicted molar refractivity (Wildman–Crippen MR) is 272 cm³/mol. The molecule has 0 bridgehead atoms. The maximum absolute atomic E-state index is 7.61. The number of rotatable bonds is 3. The maximum Gasteiger partial charge on any atom is 0.329 e. The van der Waals surface area contributed by atoms with Gasteiger partial charge < -0.3 is 14.4 Å². The van der Waals surface area contributed by atoms with Gasteiger partial charge in [-0.15, -0.1) is 0 Å². The first-order valence-corrected chi connectivity index (χ1v) is 24.4. The fourth-order valence-electron chi connectivity index (χ4n) is 15.5. The molecule has 0 saturated heterocycles. The number of aryl methyl sites for hydroxylation is 2. The van der Waals surface area contributed by atoms with Gasteiger partial charge in [0.1, 0.15) is 5.75 Å². The minimum atomic E-state index is -0.690. The first-order chi connectivity index (χ1) is 32.2. The van der Waals surface area contributed by atoms with Gasteiger partial charge in [0.2, 0.25) is 0 Å². The van der Waals surface area contributed by atoms with Crippen LogP contribution in [0.15, 0.2) is 174 Å². The molecular formula is C62H51BN2O. The van der Waals surface area contributed by atoms with E-state index in [-0.39, 0.29) is 18.2 Å². The molecule has 3 aliphatic carbocycles. The van der Waals surface area contributed by atoms with Crippen molar-refractivity contribution >= 4 is 40.6 Å². The molecule has 4 atom stereocenters. The number of para-hydroxylation sites is 3. The van der Waals surface area contributed by atoms with Crippen LogP contribution in [0.25, 0.3) is 27.8 Å². The van der Waals surface area contributed by atoms with Crippen molar-refractivity contribution in [1.82, 2.24) is 0 Å². The summed E-state index contributed by atoms with van der Waals surface area (Å²) in [5.41, 5.74) is 26.3. The van der Waals surface area contributed by atoms with Crippen molar-refractivity contribution in [3.8, 4) is 28.0 Å². The number of ether oxygens (including phenoxy) is 1. The molecule has 0 saturated carbocycles. The van der Waals surface area contributed by atoms with Crippen LogP contribution < -0.4 is 19.9 Å². The number of nitrogens with zero attached hydrogens (tertiary/aromatic N) is 2. The fourth-order valence-corrected chi connectivity index (χ4v) is 15.5. The highest BCUT2D eigenvalue weighted by molar-refractivity contribution is 6.89. The smallest absolute Gasteiger partial charge is 0.329 e. The van der Waals surface area contributed by atoms with Gasteiger partial charge in [0.25, 0.3) is 0 Å². The molecule has 4 unspecified atom stereocenters. The molecule has 0 amide bonds. The van der Waals surface area contributed by atoms with E-state index in [2.05, 4.69) is 209 Å². The number of unbranched alkanes of at least 4 members (excludes halogenated alkanes) is 1. The molecule has 4 heteroatoms. The van der Waals surface area contributed by atoms with Crippen LogP contribution >= 0.6 is 0 Å². The largest absolute Gasteiger partial charge is 0.478 e. The molecule has 0 aromatic heterocycles. The molecule has 8 aliphatic rings. The topological polar surface area (TPSA) is 15.7 Å². The highest BCUT2D eigenvalue weighted by Gasteiger charge is 2.69. The molecule has 0 radical (unpaired) electrons. The summed E-state index contributed by atoms with van der Waals surface area (Å²) >= 11 is 0. The number of anilines is 4. The van der Waals surface area contributed by atoms with Crippen LogP contribution in [0.2, 0.25) is 0 Å². The number of hydrogen-bond acceptors (Lipinski definition) is 3. The van der Waals surface area contributed by atoms with Crippen LogP contribution in [0.5, 0.6) is 5.75 Å². The monoisotopic (exact) mass is 850 g/mol. The van der Waals surface area contributed by atoms with E-state index < -0.39 is 16.6 Å². The third kappa shape index (κ3) is 3.98. The molecule has 7 aromatic carbocycles. The molecule has 3 nitrogen and oxygen atoms in total. The SMILES string of the molecule is CCCCc1ccc2c(c1)C1(C)C=CC(C)C3=C1C1(C)C(=C4c5ccccc5OC43C)B3c4c(cc(C)cc4N21)-c1cccc2c1N3c1ccccc1C21c2ccccc2-c2ccccc21. The first-order valence-electron chi connectivity index (χ1n) is 24.4. The average Bonchev–Trinajstić information content (AvgIpc) is 3.80. The lowest BCUT2D eigenvalue weighted by Gasteiger charge is -2.66. The van der Waals surface area contributed by atoms with Crippen LogP contribution in [0.3, 0.4) is 0 Å². The summed E-state index contributed by atoms with van der Waals surface area (Å²) in [7, 11) is 0. The van der Waals surface area contributed by atoms with Crippen molar-refractivity contribution in [2.24, 2.45) is 5.92 Å². The summed E-state index contributed by atoms with van der Waals surface area (Å²) in [4.78, 5) is 5.66. The molecule has 0 fully saturated rings. The van der Waals surface area contributed by atoms with Crippen LogP contribution in [-0.2, 0) is 17.3 Å². The summed E-state index contributed by atoms with van der Waals surface area (Å²) in [6.07, 6.45) is 8.53. The third-order valence-corrected chi connectivity index (χ3v) is 17.7. The van der Waals surface area contributed by atoms with Crippen LogP contribution in [0.4, 0.5) is 22.7 Å². The Morgan fingerprint density at radius 2 is 1.32 bits per heavy atom. The second-order valence-corrected chi connectivity index (χ2v) is 21.0. The van der Waals surface area contributed by atoms with Crippen LogP contribution in [0, 0.1) is 12.8 Å². The minimum Gasteiger partial charge on any atom is -0.478 e. The highest BCUT2D eigenvalue weighted by atomic mass is 16.5. The van der Waals surface area contributed by atoms with E-state index in [1.165, 1.54) is 130 Å². The number of benzene rings is 7. The Bertz CT molecular complexity index is 3470. The fraction of sp³-hybridized carbons (Fsp3) is 0.226. The van der Waals surface area contributed by atoms with Gasteiger partial charge in [-0.2, -0.15) is 0 Å². The molecule has 5 heterocycles. The van der Waals surface area contributed by atoms with Crippen molar-refractivity contribution in [2.75, 3.05) is 9.71 Å². The third-order valence-electron chi connectivity index (χ3n) is 17.7. The summed E-state index contributed by atoms with van der Waals surface area (Å²) < 4.78 is 7.61. The zero-order valence-corrected chi connectivity index (χ0v) is 38.6. The molecule has 318 valence electrons. The quantitative estimate of drug-likeness (QED) is 0.130. The van der Waals surface area contributed by atoms with Crippen molar-refractivity contribution in [3.05, 3.63) is 219 Å². The van der Waals surface area contributed by atoms with E-state index in [9.17, 15) is 0 Å². The Hall–Kier alpha value is -6.78. The summed E-state index contributed by atoms with van der Waals surface area (Å²) in [5.74, 6) is 1.16. The van der Waals surface area contributed by atoms with Crippen molar-refractivity contribution in [2.45, 2.75) is 82.8 Å². The first kappa shape index (κ1) is 37.4. The van der Waals surface area contributed by atoms with E-state index in [4.69, 9.17) is 4.74 Å². The standard InChI is InChI=1S/C62H51BN2O/c1-7-8-18-38-29-30-49-48(35-38)59(4)32-31-37(3)53-57(59)60(5)58(54-42-21-11-16-28-52(42)66-61(53,54)6)63-55-43(33-36(2)34-51(55)64(49)60)41-22-17-26-47-56(41)65(63)50-27-15-14-25-46(50)62(47)44-23-12-9-19-39(44)40-20-10-13-24-45(40)62/h9-17,19-35,37H,7-8,18H2,1-6H3. The Balaban J connectivity index is 1.14. The molecule has 7 aromatic rings. The predicted octanol–water partition coefficient (Wildman–Crippen LogP) is 13.9. The van der Waals surface area contributed by atoms with Gasteiger partial charge in [0.15, 0.2) is 5.60 Å². The Labute approximate surface area is 388 Å². The zero-order chi connectivity index (χ0) is 44.2. The number of fused-ring (bicyclic) bond motifs is 20. The zero-order valence-electron chi connectivity index (χ0n) is 38.6. The van der Waals surface area contributed by atoms with Gasteiger partial charge in [0.05, 0.1) is 11.0 Å². The molecule has 1 spiro atoms. The van der Waals surface area contributed by atoms with Gasteiger partial charge in [-0.3, -0.25) is 0 Å². The van der Waals surface area contributed by atoms with E-state index >= 15 is 0 Å². The number of allylic oxidation sites excluding steroid dienone is 2. The Morgan fingerprint density at radius 3 is 2.09 bits per heavy atom. The second kappa shape index (κ2) is 12.2. The summed E-state index contributed by atoms with van der Waals surface area (Å²) in [6.45, 7) is 14.5. The highest BCUT2D eigenvalue weighted by Crippen LogP contribution is 2.71. The van der Waals surface area contributed by atoms with Gasteiger partial charge in [-0.05, 0) is 148 Å². The second-order valence-electron chi connectivity index (χ2n) is 21.0. The lowest BCUT2D eigenvalue weighted by atomic mass is 9.33. The van der Waals surface area contributed by atoms with Crippen molar-refractivity contribution in [1.29, 1.82) is 0 Å². The van der Waals surface area contributed by atoms with Gasteiger partial charge in [0, 0.05) is 44.9 Å². The van der Waals surface area contributed by atoms with E-state index in [1.54, 1.807) is 0 Å². The molecule has 15 rings (SSSR count). The molecule has 66 heavy (non-hydrogen) atoms. The van der Waals surface area contributed by atoms with Gasteiger partial charge >= 0.3 is 6.85 Å². The lowest BCUT2D eigenvalue weighted by molar-refractivity contribution is 0.185. The molecular weight excluding hydrogens is 800 g/mol. The van der Waals surface area contributed by atoms with Crippen LogP contribution in [-0.4, -0.2) is 18.0 Å². The normalized spacial score (nSPS) is 25.0. The molecule has 0 N–H and O–H groups in total. The summed E-state index contributed by atoms with van der Waals surface area (Å²) in [6, 6.07) is 56.6. The summed E-state index contributed by atoms with van der Waals surface area (Å²) in [5, 5.41) is 0. The minimum absolute atomic E-state index is 0.134. The Kier molecular flexibility index (Phi) is 6.90. The lowest BCUT2D eigenvalue weighted by Crippen LogP contribution is -2.72. The van der Waals surface area contributed by atoms with Gasteiger partial charge in [-0.25, -0.2) is 0 Å². The van der Waals surface area contributed by atoms with Crippen molar-refractivity contribution < 1.29 is 4.74 Å². The average molecular weight is 851 g/mol. The molecule has 5 aliphatic heterocycles. The van der Waals surface area contributed by atoms with Gasteiger partial charge in [-0.1, -0.05) is 154 Å². The maximum atomic E-state index is 7.61. The Morgan fingerprint density at radius 1 is 0.636 bits per heavy atom. The van der Waals surface area contributed by atoms with E-state index in [1.807, 2.05) is 0 Å².